The third kappa shape index (κ3) is 1.63. The van der Waals surface area contributed by atoms with E-state index in [0.717, 1.165) is 12.1 Å². The Balaban J connectivity index is 1.95. The number of aromatic nitrogens is 2. The molecule has 1 aromatic carbocycles. The molecule has 0 saturated carbocycles. The Labute approximate surface area is 88.9 Å². The lowest BCUT2D eigenvalue weighted by Gasteiger charge is -2.23. The van der Waals surface area contributed by atoms with Gasteiger partial charge in [0, 0.05) is 11.9 Å². The summed E-state index contributed by atoms with van der Waals surface area (Å²) in [6.45, 7) is 2.28. The van der Waals surface area contributed by atoms with Crippen molar-refractivity contribution in [1.82, 2.24) is 15.5 Å². The lowest BCUT2D eigenvalue weighted by atomic mass is 9.91. The average molecular weight is 201 g/mol. The second-order valence-electron chi connectivity index (χ2n) is 4.26. The van der Waals surface area contributed by atoms with E-state index >= 15 is 0 Å². The molecule has 1 fully saturated rings. The van der Waals surface area contributed by atoms with Crippen molar-refractivity contribution in [2.45, 2.75) is 18.8 Å². The molecule has 0 amide bonds. The predicted octanol–water partition coefficient (Wildman–Crippen LogP) is 2.03. The van der Waals surface area contributed by atoms with Crippen molar-refractivity contribution in [2.24, 2.45) is 0 Å². The van der Waals surface area contributed by atoms with Crippen LogP contribution in [0.2, 0.25) is 0 Å². The summed E-state index contributed by atoms with van der Waals surface area (Å²) in [5.74, 6) is 0.673. The first-order valence-corrected chi connectivity index (χ1v) is 5.57. The summed E-state index contributed by atoms with van der Waals surface area (Å²) in [6.07, 6.45) is 4.45. The van der Waals surface area contributed by atoms with Crippen molar-refractivity contribution in [3.05, 3.63) is 30.0 Å². The Hall–Kier alpha value is -1.35. The summed E-state index contributed by atoms with van der Waals surface area (Å²) in [7, 11) is 0. The van der Waals surface area contributed by atoms with E-state index < -0.39 is 0 Å². The molecule has 1 aromatic heterocycles. The van der Waals surface area contributed by atoms with Crippen LogP contribution in [0, 0.1) is 0 Å². The molecule has 0 aliphatic carbocycles. The van der Waals surface area contributed by atoms with Gasteiger partial charge in [-0.15, -0.1) is 0 Å². The summed E-state index contributed by atoms with van der Waals surface area (Å²) in [6, 6.07) is 6.62. The number of hydrogen-bond acceptors (Lipinski definition) is 2. The van der Waals surface area contributed by atoms with Crippen molar-refractivity contribution in [3.8, 4) is 0 Å². The summed E-state index contributed by atoms with van der Waals surface area (Å²) < 4.78 is 0. The van der Waals surface area contributed by atoms with Crippen LogP contribution in [-0.4, -0.2) is 23.3 Å². The number of rotatable bonds is 1. The second kappa shape index (κ2) is 3.66. The van der Waals surface area contributed by atoms with Crippen molar-refractivity contribution in [2.75, 3.05) is 13.1 Å². The summed E-state index contributed by atoms with van der Waals surface area (Å²) in [5, 5.41) is 11.7. The van der Waals surface area contributed by atoms with E-state index in [4.69, 9.17) is 0 Å². The molecule has 1 aliphatic heterocycles. The molecule has 15 heavy (non-hydrogen) atoms. The van der Waals surface area contributed by atoms with Crippen molar-refractivity contribution < 1.29 is 0 Å². The Morgan fingerprint density at radius 1 is 1.33 bits per heavy atom. The van der Waals surface area contributed by atoms with Gasteiger partial charge in [0.1, 0.15) is 0 Å². The number of nitrogens with zero attached hydrogens (tertiary/aromatic N) is 1. The van der Waals surface area contributed by atoms with E-state index in [0.29, 0.717) is 5.92 Å². The largest absolute Gasteiger partial charge is 0.316 e. The van der Waals surface area contributed by atoms with Crippen LogP contribution in [0.3, 0.4) is 0 Å². The second-order valence-corrected chi connectivity index (χ2v) is 4.26. The molecule has 1 atom stereocenters. The molecule has 2 aromatic rings. The van der Waals surface area contributed by atoms with Gasteiger partial charge in [-0.2, -0.15) is 5.10 Å². The fraction of sp³-hybridized carbons (Fsp3) is 0.417. The number of H-pyrrole nitrogens is 1. The van der Waals surface area contributed by atoms with Gasteiger partial charge in [0.25, 0.3) is 0 Å². The van der Waals surface area contributed by atoms with Crippen molar-refractivity contribution >= 4 is 10.9 Å². The number of nitrogens with one attached hydrogen (secondary N) is 2. The SMILES string of the molecule is c1cc2cn[nH]c2cc1C1CCCNC1. The number of hydrogen-bond donors (Lipinski definition) is 2. The molecule has 2 N–H and O–H groups in total. The number of aromatic amines is 1. The first-order chi connectivity index (χ1) is 7.43. The molecule has 78 valence electrons. The lowest BCUT2D eigenvalue weighted by Crippen LogP contribution is -2.28. The third-order valence-electron chi connectivity index (χ3n) is 3.23. The quantitative estimate of drug-likeness (QED) is 0.741. The van der Waals surface area contributed by atoms with Gasteiger partial charge >= 0.3 is 0 Å². The minimum atomic E-state index is 0.673. The van der Waals surface area contributed by atoms with E-state index in [1.165, 1.54) is 30.3 Å². The molecule has 2 heterocycles. The molecule has 3 nitrogen and oxygen atoms in total. The zero-order valence-corrected chi connectivity index (χ0v) is 8.66. The molecule has 3 rings (SSSR count). The highest BCUT2D eigenvalue weighted by Crippen LogP contribution is 2.25. The van der Waals surface area contributed by atoms with Crippen LogP contribution in [0.5, 0.6) is 0 Å². The number of benzene rings is 1. The Kier molecular flexibility index (Phi) is 2.18. The fourth-order valence-corrected chi connectivity index (χ4v) is 2.34. The maximum absolute atomic E-state index is 4.05. The highest BCUT2D eigenvalue weighted by atomic mass is 15.1. The van der Waals surface area contributed by atoms with Crippen LogP contribution in [0.25, 0.3) is 10.9 Å². The van der Waals surface area contributed by atoms with E-state index in [2.05, 4.69) is 33.7 Å². The maximum Gasteiger partial charge on any atom is 0.0653 e. The lowest BCUT2D eigenvalue weighted by molar-refractivity contribution is 0.462. The zero-order chi connectivity index (χ0) is 10.1. The van der Waals surface area contributed by atoms with E-state index in [1.54, 1.807) is 0 Å². The number of piperidine rings is 1. The van der Waals surface area contributed by atoms with Gasteiger partial charge in [-0.3, -0.25) is 5.10 Å². The van der Waals surface area contributed by atoms with Crippen LogP contribution in [0.15, 0.2) is 24.4 Å². The first-order valence-electron chi connectivity index (χ1n) is 5.57. The van der Waals surface area contributed by atoms with Gasteiger partial charge in [0.15, 0.2) is 0 Å². The fourth-order valence-electron chi connectivity index (χ4n) is 2.34. The molecule has 0 radical (unpaired) electrons. The average Bonchev–Trinajstić information content (AvgIpc) is 2.77. The standard InChI is InChI=1S/C12H15N3/c1-2-10(7-13-5-1)9-3-4-11-8-14-15-12(11)6-9/h3-4,6,8,10,13H,1-2,5,7H2,(H,14,15). The molecule has 0 bridgehead atoms. The topological polar surface area (TPSA) is 40.7 Å². The monoisotopic (exact) mass is 201 g/mol. The van der Waals surface area contributed by atoms with Gasteiger partial charge in [0.05, 0.1) is 11.7 Å². The Bertz CT molecular complexity index is 455. The van der Waals surface area contributed by atoms with Crippen LogP contribution in [0.4, 0.5) is 0 Å². The number of fused-ring (bicyclic) bond motifs is 1. The minimum absolute atomic E-state index is 0.673. The molecule has 1 unspecified atom stereocenters. The van der Waals surface area contributed by atoms with Crippen molar-refractivity contribution in [3.63, 3.8) is 0 Å². The highest BCUT2D eigenvalue weighted by Gasteiger charge is 2.15. The van der Waals surface area contributed by atoms with Gasteiger partial charge in [-0.05, 0) is 36.9 Å². The third-order valence-corrected chi connectivity index (χ3v) is 3.23. The maximum atomic E-state index is 4.05. The Morgan fingerprint density at radius 2 is 2.33 bits per heavy atom. The molecule has 1 saturated heterocycles. The summed E-state index contributed by atoms with van der Waals surface area (Å²) in [5.41, 5.74) is 2.58. The van der Waals surface area contributed by atoms with E-state index in [-0.39, 0.29) is 0 Å². The van der Waals surface area contributed by atoms with Gasteiger partial charge < -0.3 is 5.32 Å². The van der Waals surface area contributed by atoms with Gasteiger partial charge in [0.2, 0.25) is 0 Å². The highest BCUT2D eigenvalue weighted by molar-refractivity contribution is 5.78. The van der Waals surface area contributed by atoms with E-state index in [1.807, 2.05) is 6.20 Å². The Morgan fingerprint density at radius 3 is 3.20 bits per heavy atom. The summed E-state index contributed by atoms with van der Waals surface area (Å²) >= 11 is 0. The molecular formula is C12H15N3. The van der Waals surface area contributed by atoms with E-state index in [9.17, 15) is 0 Å². The first kappa shape index (κ1) is 8.92. The molecule has 3 heteroatoms. The van der Waals surface area contributed by atoms with Crippen LogP contribution >= 0.6 is 0 Å². The minimum Gasteiger partial charge on any atom is -0.316 e. The van der Waals surface area contributed by atoms with Crippen LogP contribution < -0.4 is 5.32 Å². The normalized spacial score (nSPS) is 22.0. The van der Waals surface area contributed by atoms with Crippen LogP contribution in [-0.2, 0) is 0 Å². The zero-order valence-electron chi connectivity index (χ0n) is 8.66. The van der Waals surface area contributed by atoms with Gasteiger partial charge in [-0.25, -0.2) is 0 Å². The van der Waals surface area contributed by atoms with Crippen LogP contribution in [0.1, 0.15) is 24.3 Å². The smallest absolute Gasteiger partial charge is 0.0653 e. The molecule has 1 aliphatic rings. The molecular weight excluding hydrogens is 186 g/mol. The van der Waals surface area contributed by atoms with Gasteiger partial charge in [-0.1, -0.05) is 12.1 Å². The van der Waals surface area contributed by atoms with Crippen molar-refractivity contribution in [1.29, 1.82) is 0 Å². The molecule has 0 spiro atoms. The predicted molar refractivity (Wildman–Crippen MR) is 60.9 cm³/mol. The summed E-state index contributed by atoms with van der Waals surface area (Å²) in [4.78, 5) is 0.